The van der Waals surface area contributed by atoms with Crippen LogP contribution in [0.25, 0.3) is 0 Å². The van der Waals surface area contributed by atoms with Crippen LogP contribution in [0.3, 0.4) is 0 Å². The molecule has 69 heavy (non-hydrogen) atoms. The fourth-order valence-corrected chi connectivity index (χ4v) is 10.5. The van der Waals surface area contributed by atoms with Gasteiger partial charge in [0, 0.05) is 59.1 Å². The topological polar surface area (TPSA) is 275 Å². The largest absolute Gasteiger partial charge is 0.465 e. The van der Waals surface area contributed by atoms with E-state index in [1.54, 1.807) is 13.0 Å². The van der Waals surface area contributed by atoms with E-state index >= 15 is 0 Å². The van der Waals surface area contributed by atoms with Crippen LogP contribution < -0.4 is 5.56 Å². The number of ether oxygens (including phenoxy) is 9. The minimum absolute atomic E-state index is 0.0799. The normalized spacial score (nSPS) is 33.5. The molecule has 3 fully saturated rings. The molecule has 368 valence electrons. The van der Waals surface area contributed by atoms with E-state index in [1.165, 1.54) is 63.5 Å². The summed E-state index contributed by atoms with van der Waals surface area (Å²) in [6.45, 7) is 7.43. The third kappa shape index (κ3) is 8.40. The van der Waals surface area contributed by atoms with Crippen molar-refractivity contribution < 1.29 is 86.1 Å². The number of carbonyl (C=O) groups is 8. The number of cyclic esters (lactones) is 1. The van der Waals surface area contributed by atoms with E-state index in [0.717, 1.165) is 57.5 Å². The summed E-state index contributed by atoms with van der Waals surface area (Å²) < 4.78 is 57.5. The highest BCUT2D eigenvalue weighted by atomic mass is 16.7. The Morgan fingerprint density at radius 3 is 1.99 bits per heavy atom. The second-order valence-electron chi connectivity index (χ2n) is 18.2. The van der Waals surface area contributed by atoms with Crippen molar-refractivity contribution in [1.29, 1.82) is 0 Å². The van der Waals surface area contributed by atoms with Gasteiger partial charge in [0.15, 0.2) is 30.0 Å². The summed E-state index contributed by atoms with van der Waals surface area (Å²) in [5.41, 5.74) is -11.7. The van der Waals surface area contributed by atoms with Crippen molar-refractivity contribution in [3.05, 3.63) is 99.7 Å². The molecule has 21 nitrogen and oxygen atoms in total. The maximum atomic E-state index is 14.9. The number of rotatable bonds is 9. The van der Waals surface area contributed by atoms with Crippen molar-refractivity contribution in [1.82, 2.24) is 9.55 Å². The Balaban J connectivity index is 1.66. The standard InChI is InChI=1S/C48H52N2O19/c1-23-24(2)41(56)67-38-36(66-43(58)30-17-18-32(55)50(9)20-30)40(68-42(57)29-14-11-10-12-15-29)47(22-61-25(3)51)39(65-28(6)54)35(63-26(4)52)33-37(64-27(5)53)48(47,46(38,8)60)69-45(33,7)21-62-44(59)31-16-13-19-49-34(23)31/h10-20,23-24,33,35-40,60H,21-22H2,1-9H3/t23-,24+,33-,35-,36+,37-,38+,39-,40+,45+,46+,47-,48+/m1/s1. The summed E-state index contributed by atoms with van der Waals surface area (Å²) in [5.74, 6) is -12.5. The number of benzene rings is 1. The van der Waals surface area contributed by atoms with Crippen LogP contribution in [0.15, 0.2) is 71.8 Å². The van der Waals surface area contributed by atoms with Gasteiger partial charge in [0.2, 0.25) is 5.56 Å². The average Bonchev–Trinajstić information content (AvgIpc) is 3.51. The lowest BCUT2D eigenvalue weighted by Gasteiger charge is -2.67. The van der Waals surface area contributed by atoms with Crippen molar-refractivity contribution in [2.75, 3.05) is 13.2 Å². The SMILES string of the molecule is CC(=O)OC[C@]12[C@H](OC(C)=O)[C@H](OC(C)=O)[C@@H]3[C@@H](OC(C)=O)[C@@]14O[C@@]3(C)COC(=O)c1cccnc1[C@H](C)[C@H](C)C(=O)O[C@@H]([C@H](OC(=O)c1ccc(=O)n(C)c1)[C@@H]2OC(=O)c1ccccc1)[C@]4(C)O. The summed E-state index contributed by atoms with van der Waals surface area (Å²) in [4.78, 5) is 129. The Kier molecular flexibility index (Phi) is 13.4. The molecule has 0 radical (unpaired) electrons. The lowest BCUT2D eigenvalue weighted by molar-refractivity contribution is -0.385. The van der Waals surface area contributed by atoms with Gasteiger partial charge >= 0.3 is 47.8 Å². The van der Waals surface area contributed by atoms with E-state index in [1.807, 2.05) is 0 Å². The van der Waals surface area contributed by atoms with E-state index in [2.05, 4.69) is 4.98 Å². The maximum absolute atomic E-state index is 14.9. The fraction of sp³-hybridized carbons (Fsp3) is 0.500. The molecule has 2 aromatic heterocycles. The lowest BCUT2D eigenvalue weighted by atomic mass is 9.45. The molecule has 4 aliphatic rings. The first kappa shape index (κ1) is 49.9. The van der Waals surface area contributed by atoms with E-state index in [4.69, 9.17) is 42.6 Å². The summed E-state index contributed by atoms with van der Waals surface area (Å²) in [6, 6.07) is 12.3. The smallest absolute Gasteiger partial charge is 0.340 e. The second-order valence-corrected chi connectivity index (χ2v) is 18.2. The first-order valence-corrected chi connectivity index (χ1v) is 22.0. The zero-order valence-electron chi connectivity index (χ0n) is 39.2. The lowest BCUT2D eigenvalue weighted by Crippen LogP contribution is -2.89. The van der Waals surface area contributed by atoms with Crippen LogP contribution in [0.2, 0.25) is 0 Å². The van der Waals surface area contributed by atoms with Gasteiger partial charge < -0.3 is 52.3 Å². The Morgan fingerprint density at radius 2 is 1.36 bits per heavy atom. The molecule has 1 saturated heterocycles. The Labute approximate surface area is 394 Å². The Bertz CT molecular complexity index is 2650. The minimum atomic E-state index is -2.98. The van der Waals surface area contributed by atoms with Crippen molar-refractivity contribution >= 4 is 47.8 Å². The zero-order chi connectivity index (χ0) is 50.5. The number of aryl methyl sites for hydroxylation is 1. The van der Waals surface area contributed by atoms with Gasteiger partial charge in [-0.2, -0.15) is 0 Å². The van der Waals surface area contributed by atoms with Gasteiger partial charge in [-0.3, -0.25) is 33.8 Å². The molecule has 1 N–H and O–H groups in total. The highest BCUT2D eigenvalue weighted by Gasteiger charge is 2.92. The molecule has 4 bridgehead atoms. The van der Waals surface area contributed by atoms with Crippen molar-refractivity contribution in [3.63, 3.8) is 0 Å². The number of hydrogen-bond acceptors (Lipinski definition) is 20. The predicted octanol–water partition coefficient (Wildman–Crippen LogP) is 2.32. The third-order valence-electron chi connectivity index (χ3n) is 13.6. The summed E-state index contributed by atoms with van der Waals surface area (Å²) >= 11 is 0. The number of pyridine rings is 2. The van der Waals surface area contributed by atoms with Gasteiger partial charge in [-0.1, -0.05) is 32.0 Å². The number of carbonyl (C=O) groups excluding carboxylic acids is 8. The highest BCUT2D eigenvalue weighted by molar-refractivity contribution is 5.92. The van der Waals surface area contributed by atoms with Crippen molar-refractivity contribution in [3.8, 4) is 0 Å². The minimum Gasteiger partial charge on any atom is -0.465 e. The molecule has 3 aromatic rings. The Hall–Kier alpha value is -7.00. The molecule has 7 rings (SSSR count). The number of aliphatic hydroxyl groups is 1. The molecule has 13 atom stereocenters. The van der Waals surface area contributed by atoms with Crippen molar-refractivity contribution in [2.45, 2.75) is 115 Å². The second kappa shape index (κ2) is 18.5. The number of aromatic nitrogens is 2. The van der Waals surface area contributed by atoms with Crippen LogP contribution in [-0.4, -0.2) is 129 Å². The number of fused-ring (bicyclic) bond motifs is 5. The van der Waals surface area contributed by atoms with Gasteiger partial charge in [0.25, 0.3) is 0 Å². The van der Waals surface area contributed by atoms with Crippen LogP contribution in [0.1, 0.15) is 98.1 Å². The fourth-order valence-electron chi connectivity index (χ4n) is 10.5. The first-order chi connectivity index (χ1) is 32.4. The van der Waals surface area contributed by atoms with Gasteiger partial charge in [-0.15, -0.1) is 0 Å². The monoisotopic (exact) mass is 960 g/mol. The van der Waals surface area contributed by atoms with E-state index in [9.17, 15) is 48.3 Å². The van der Waals surface area contributed by atoms with Crippen LogP contribution in [0.5, 0.6) is 0 Å². The quantitative estimate of drug-likeness (QED) is 0.238. The summed E-state index contributed by atoms with van der Waals surface area (Å²) in [5, 5.41) is 13.9. The first-order valence-electron chi connectivity index (χ1n) is 22.0. The molecular weight excluding hydrogens is 909 g/mol. The molecule has 0 unspecified atom stereocenters. The van der Waals surface area contributed by atoms with E-state index in [0.29, 0.717) is 0 Å². The molecule has 1 spiro atoms. The third-order valence-corrected chi connectivity index (χ3v) is 13.6. The average molecular weight is 961 g/mol. The Morgan fingerprint density at radius 1 is 0.739 bits per heavy atom. The molecule has 1 aromatic carbocycles. The molecule has 0 amide bonds. The van der Waals surface area contributed by atoms with Crippen LogP contribution in [-0.2, 0) is 73.7 Å². The van der Waals surface area contributed by atoms with Gasteiger partial charge in [-0.05, 0) is 44.2 Å². The molecule has 2 aliphatic carbocycles. The highest BCUT2D eigenvalue weighted by Crippen LogP contribution is 2.70. The van der Waals surface area contributed by atoms with Crippen LogP contribution in [0.4, 0.5) is 0 Å². The predicted molar refractivity (Wildman–Crippen MR) is 231 cm³/mol. The summed E-state index contributed by atoms with van der Waals surface area (Å²) in [6.07, 6.45) is -10.4. The number of nitrogens with zero attached hydrogens (tertiary/aromatic N) is 2. The molecule has 4 heterocycles. The van der Waals surface area contributed by atoms with Crippen LogP contribution in [0, 0.1) is 17.3 Å². The van der Waals surface area contributed by atoms with Crippen LogP contribution >= 0.6 is 0 Å². The van der Waals surface area contributed by atoms with E-state index < -0.39 is 143 Å². The van der Waals surface area contributed by atoms with Gasteiger partial charge in [-0.25, -0.2) is 14.4 Å². The molecule has 2 aliphatic heterocycles. The zero-order valence-corrected chi connectivity index (χ0v) is 39.2. The maximum Gasteiger partial charge on any atom is 0.340 e. The van der Waals surface area contributed by atoms with Crippen molar-refractivity contribution in [2.24, 2.45) is 24.3 Å². The van der Waals surface area contributed by atoms with E-state index in [-0.39, 0.29) is 22.4 Å². The summed E-state index contributed by atoms with van der Waals surface area (Å²) in [7, 11) is 1.35. The molecular formula is C48H52N2O19. The number of hydrogen-bond donors (Lipinski definition) is 1. The van der Waals surface area contributed by atoms with Gasteiger partial charge in [0.1, 0.15) is 42.0 Å². The number of esters is 8. The molecule has 2 saturated carbocycles. The molecule has 21 heteroatoms. The van der Waals surface area contributed by atoms with Gasteiger partial charge in [0.05, 0.1) is 34.2 Å².